The first-order chi connectivity index (χ1) is 14.7. The molecule has 31 heavy (non-hydrogen) atoms. The molecule has 0 radical (unpaired) electrons. The zero-order chi connectivity index (χ0) is 23.0. The molecule has 0 aromatic heterocycles. The zero-order valence-electron chi connectivity index (χ0n) is 17.4. The van der Waals surface area contributed by atoms with Gasteiger partial charge in [-0.05, 0) is 42.4 Å². The highest BCUT2D eigenvalue weighted by Gasteiger charge is 2.37. The highest BCUT2D eigenvalue weighted by Crippen LogP contribution is 2.31. The third-order valence-electron chi connectivity index (χ3n) is 4.06. The van der Waals surface area contributed by atoms with E-state index in [1.165, 1.54) is 24.0 Å². The smallest absolute Gasteiger partial charge is 0.328 e. The van der Waals surface area contributed by atoms with E-state index in [9.17, 15) is 24.3 Å². The fraction of sp³-hybridized carbons (Fsp3) is 0.273. The monoisotopic (exact) mass is 445 g/mol. The van der Waals surface area contributed by atoms with Crippen LogP contribution in [0.4, 0.5) is 4.79 Å². The van der Waals surface area contributed by atoms with Gasteiger partial charge in [-0.2, -0.15) is 0 Å². The summed E-state index contributed by atoms with van der Waals surface area (Å²) < 4.78 is 10.5. The lowest BCUT2D eigenvalue weighted by molar-refractivity contribution is -0.155. The fourth-order valence-corrected chi connectivity index (χ4v) is 3.28. The lowest BCUT2D eigenvalue weighted by Crippen LogP contribution is -2.33. The molecular weight excluding hydrogens is 422 g/mol. The number of benzene rings is 2. The van der Waals surface area contributed by atoms with Gasteiger partial charge >= 0.3 is 11.9 Å². The first-order valence-corrected chi connectivity index (χ1v) is 10.2. The highest BCUT2D eigenvalue weighted by atomic mass is 32.2. The van der Waals surface area contributed by atoms with Crippen molar-refractivity contribution in [3.05, 3.63) is 59.7 Å². The van der Waals surface area contributed by atoms with Crippen molar-refractivity contribution in [2.24, 2.45) is 5.92 Å². The van der Waals surface area contributed by atoms with Gasteiger partial charge in [-0.3, -0.25) is 19.2 Å². The normalized spacial score (nSPS) is 11.3. The lowest BCUT2D eigenvalue weighted by Gasteiger charge is -2.16. The van der Waals surface area contributed by atoms with Gasteiger partial charge in [0.2, 0.25) is 5.92 Å². The summed E-state index contributed by atoms with van der Waals surface area (Å²) in [6, 6.07) is 13.7. The standard InChI is InChI=1S/C22H23NO7S/c1-4-29-21(27)18(20(25)26)19(24)16-12-15(30-13-14-8-6-5-7-9-14)10-11-17(16)31-22(28)23(2)3/h5-12,18H,4,13H2,1-3H3,(H,25,26). The second kappa shape index (κ2) is 11.2. The minimum atomic E-state index is -2.04. The Hall–Kier alpha value is -3.33. The SMILES string of the molecule is CCOC(=O)C(C(=O)O)C(=O)c1cc(OCc2ccccc2)ccc1SC(=O)N(C)C. The van der Waals surface area contributed by atoms with Gasteiger partial charge in [0.25, 0.3) is 5.24 Å². The van der Waals surface area contributed by atoms with Crippen LogP contribution in [-0.4, -0.2) is 53.7 Å². The number of rotatable bonds is 9. The third-order valence-corrected chi connectivity index (χ3v) is 5.17. The molecule has 0 aliphatic heterocycles. The molecule has 0 aliphatic carbocycles. The van der Waals surface area contributed by atoms with Gasteiger partial charge in [0, 0.05) is 24.6 Å². The number of carboxylic acid groups (broad SMARTS) is 1. The quantitative estimate of drug-likeness (QED) is 0.270. The number of aliphatic carboxylic acids is 1. The van der Waals surface area contributed by atoms with Gasteiger partial charge in [0.05, 0.1) is 6.61 Å². The van der Waals surface area contributed by atoms with Crippen LogP contribution >= 0.6 is 11.8 Å². The minimum Gasteiger partial charge on any atom is -0.489 e. The van der Waals surface area contributed by atoms with Crippen LogP contribution in [0.15, 0.2) is 53.4 Å². The molecule has 0 fully saturated rings. The predicted octanol–water partition coefficient (Wildman–Crippen LogP) is 3.49. The van der Waals surface area contributed by atoms with E-state index < -0.39 is 23.6 Å². The van der Waals surface area contributed by atoms with Crippen molar-refractivity contribution >= 4 is 34.7 Å². The van der Waals surface area contributed by atoms with E-state index in [0.717, 1.165) is 17.3 Å². The van der Waals surface area contributed by atoms with Crippen molar-refractivity contribution in [3.8, 4) is 5.75 Å². The van der Waals surface area contributed by atoms with E-state index in [1.54, 1.807) is 20.2 Å². The Morgan fingerprint density at radius 3 is 2.32 bits per heavy atom. The number of carbonyl (C=O) groups excluding carboxylic acids is 3. The van der Waals surface area contributed by atoms with Gasteiger partial charge in [0.1, 0.15) is 12.4 Å². The number of amides is 1. The molecule has 9 heteroatoms. The molecular formula is C22H23NO7S. The summed E-state index contributed by atoms with van der Waals surface area (Å²) in [5.41, 5.74) is 0.790. The molecule has 1 atom stereocenters. The Balaban J connectivity index is 2.40. The van der Waals surface area contributed by atoms with Crippen molar-refractivity contribution in [1.82, 2.24) is 4.90 Å². The van der Waals surface area contributed by atoms with Gasteiger partial charge in [0.15, 0.2) is 5.78 Å². The summed E-state index contributed by atoms with van der Waals surface area (Å²) in [7, 11) is 3.10. The van der Waals surface area contributed by atoms with Crippen LogP contribution in [0.2, 0.25) is 0 Å². The van der Waals surface area contributed by atoms with E-state index in [2.05, 4.69) is 0 Å². The van der Waals surface area contributed by atoms with Gasteiger partial charge in [-0.1, -0.05) is 30.3 Å². The molecule has 164 valence electrons. The maximum Gasteiger partial charge on any atom is 0.328 e. The highest BCUT2D eigenvalue weighted by molar-refractivity contribution is 8.13. The van der Waals surface area contributed by atoms with E-state index in [-0.39, 0.29) is 28.9 Å². The number of carboxylic acids is 1. The summed E-state index contributed by atoms with van der Waals surface area (Å²) in [5.74, 6) is -5.52. The van der Waals surface area contributed by atoms with Crippen LogP contribution in [0.3, 0.4) is 0 Å². The van der Waals surface area contributed by atoms with Gasteiger partial charge < -0.3 is 19.5 Å². The molecule has 0 saturated heterocycles. The Labute approximate surface area is 184 Å². The fourth-order valence-electron chi connectivity index (χ4n) is 2.51. The third kappa shape index (κ3) is 6.58. The maximum absolute atomic E-state index is 13.0. The molecule has 1 unspecified atom stereocenters. The Bertz CT molecular complexity index is 960. The van der Waals surface area contributed by atoms with Crippen LogP contribution in [0, 0.1) is 5.92 Å². The van der Waals surface area contributed by atoms with E-state index in [0.29, 0.717) is 5.75 Å². The number of hydrogen-bond acceptors (Lipinski definition) is 7. The lowest BCUT2D eigenvalue weighted by atomic mass is 9.97. The second-order valence-electron chi connectivity index (χ2n) is 6.58. The topological polar surface area (TPSA) is 110 Å². The van der Waals surface area contributed by atoms with E-state index in [1.807, 2.05) is 30.3 Å². The van der Waals surface area contributed by atoms with Crippen molar-refractivity contribution in [2.45, 2.75) is 18.4 Å². The van der Waals surface area contributed by atoms with Gasteiger partial charge in [-0.15, -0.1) is 0 Å². The van der Waals surface area contributed by atoms with Crippen LogP contribution in [0.5, 0.6) is 5.75 Å². The number of esters is 1. The number of ketones is 1. The first kappa shape index (κ1) is 23.9. The molecule has 2 aromatic rings. The van der Waals surface area contributed by atoms with Crippen molar-refractivity contribution in [3.63, 3.8) is 0 Å². The summed E-state index contributed by atoms with van der Waals surface area (Å²) in [6.07, 6.45) is 0. The molecule has 1 N–H and O–H groups in total. The number of Topliss-reactive ketones (excluding diaryl/α,β-unsaturated/α-hetero) is 1. The summed E-state index contributed by atoms with van der Waals surface area (Å²) in [4.78, 5) is 50.5. The molecule has 2 aromatic carbocycles. The molecule has 0 heterocycles. The van der Waals surface area contributed by atoms with Crippen molar-refractivity contribution < 1.29 is 33.8 Å². The number of carbonyl (C=O) groups is 4. The average molecular weight is 445 g/mol. The van der Waals surface area contributed by atoms with Crippen LogP contribution in [-0.2, 0) is 20.9 Å². The zero-order valence-corrected chi connectivity index (χ0v) is 18.2. The molecule has 0 saturated carbocycles. The van der Waals surface area contributed by atoms with E-state index >= 15 is 0 Å². The average Bonchev–Trinajstić information content (AvgIpc) is 2.73. The Morgan fingerprint density at radius 2 is 1.74 bits per heavy atom. The molecule has 0 aliphatic rings. The largest absolute Gasteiger partial charge is 0.489 e. The first-order valence-electron chi connectivity index (χ1n) is 9.38. The van der Waals surface area contributed by atoms with Crippen molar-refractivity contribution in [1.29, 1.82) is 0 Å². The van der Waals surface area contributed by atoms with Crippen LogP contribution < -0.4 is 4.74 Å². The number of nitrogens with zero attached hydrogens (tertiary/aromatic N) is 1. The minimum absolute atomic E-state index is 0.0726. The predicted molar refractivity (Wildman–Crippen MR) is 114 cm³/mol. The Morgan fingerprint density at radius 1 is 1.06 bits per heavy atom. The maximum atomic E-state index is 13.0. The molecule has 2 rings (SSSR count). The molecule has 0 spiro atoms. The summed E-state index contributed by atoms with van der Waals surface area (Å²) >= 11 is 0.750. The van der Waals surface area contributed by atoms with Crippen molar-refractivity contribution in [2.75, 3.05) is 20.7 Å². The number of thioether (sulfide) groups is 1. The van der Waals surface area contributed by atoms with Crippen LogP contribution in [0.1, 0.15) is 22.8 Å². The van der Waals surface area contributed by atoms with E-state index in [4.69, 9.17) is 9.47 Å². The summed E-state index contributed by atoms with van der Waals surface area (Å²) in [5, 5.41) is 9.08. The number of hydrogen-bond donors (Lipinski definition) is 1. The second-order valence-corrected chi connectivity index (χ2v) is 7.58. The summed E-state index contributed by atoms with van der Waals surface area (Å²) in [6.45, 7) is 1.66. The molecule has 0 bridgehead atoms. The van der Waals surface area contributed by atoms with Crippen LogP contribution in [0.25, 0.3) is 0 Å². The molecule has 1 amide bonds. The number of ether oxygens (including phenoxy) is 2. The van der Waals surface area contributed by atoms with Gasteiger partial charge in [-0.25, -0.2) is 0 Å². The Kier molecular flexibility index (Phi) is 8.63. The molecule has 8 nitrogen and oxygen atoms in total.